The Kier molecular flexibility index (Phi) is 5.22. The SMILES string of the molecule is Cc1ncsc1CNC(C)CNC(C)C. The largest absolute Gasteiger partial charge is 0.313 e. The van der Waals surface area contributed by atoms with E-state index in [9.17, 15) is 0 Å². The van der Waals surface area contributed by atoms with Crippen molar-refractivity contribution in [3.05, 3.63) is 16.1 Å². The molecule has 0 amide bonds. The van der Waals surface area contributed by atoms with Gasteiger partial charge in [0, 0.05) is 30.1 Å². The number of aromatic nitrogens is 1. The maximum absolute atomic E-state index is 4.23. The topological polar surface area (TPSA) is 37.0 Å². The molecule has 1 atom stereocenters. The molecule has 1 aromatic heterocycles. The first-order chi connectivity index (χ1) is 7.09. The van der Waals surface area contributed by atoms with Gasteiger partial charge in [0.05, 0.1) is 11.2 Å². The van der Waals surface area contributed by atoms with Crippen molar-refractivity contribution in [2.45, 2.75) is 46.3 Å². The molecule has 1 heterocycles. The van der Waals surface area contributed by atoms with Crippen LogP contribution in [0.1, 0.15) is 31.3 Å². The lowest BCUT2D eigenvalue weighted by atomic mass is 10.3. The van der Waals surface area contributed by atoms with E-state index in [2.05, 4.69) is 43.3 Å². The van der Waals surface area contributed by atoms with E-state index < -0.39 is 0 Å². The molecule has 0 spiro atoms. The van der Waals surface area contributed by atoms with Crippen LogP contribution in [0.2, 0.25) is 0 Å². The third-order valence-corrected chi connectivity index (χ3v) is 3.22. The Hall–Kier alpha value is -0.450. The van der Waals surface area contributed by atoms with Crippen LogP contribution in [-0.4, -0.2) is 23.6 Å². The van der Waals surface area contributed by atoms with Crippen LogP contribution in [0.15, 0.2) is 5.51 Å². The lowest BCUT2D eigenvalue weighted by Gasteiger charge is -2.16. The van der Waals surface area contributed by atoms with Gasteiger partial charge in [0.2, 0.25) is 0 Å². The molecule has 4 heteroatoms. The predicted octanol–water partition coefficient (Wildman–Crippen LogP) is 1.93. The molecule has 0 bridgehead atoms. The second-order valence-electron chi connectivity index (χ2n) is 4.21. The lowest BCUT2D eigenvalue weighted by molar-refractivity contribution is 0.475. The first-order valence-electron chi connectivity index (χ1n) is 5.45. The number of thiazole rings is 1. The van der Waals surface area contributed by atoms with Crippen LogP contribution < -0.4 is 10.6 Å². The first kappa shape index (κ1) is 12.6. The standard InChI is InChI=1S/C11H21N3S/c1-8(2)12-5-9(3)13-6-11-10(4)14-7-15-11/h7-9,12-13H,5-6H2,1-4H3. The zero-order valence-electron chi connectivity index (χ0n) is 10.0. The number of rotatable bonds is 6. The summed E-state index contributed by atoms with van der Waals surface area (Å²) in [6, 6.07) is 1.05. The molecule has 1 rings (SSSR count). The molecule has 0 aliphatic heterocycles. The number of nitrogens with zero attached hydrogens (tertiary/aromatic N) is 1. The fourth-order valence-electron chi connectivity index (χ4n) is 1.25. The third-order valence-electron chi connectivity index (χ3n) is 2.29. The quantitative estimate of drug-likeness (QED) is 0.779. The normalized spacial score (nSPS) is 13.4. The van der Waals surface area contributed by atoms with Gasteiger partial charge in [0.25, 0.3) is 0 Å². The molecule has 1 unspecified atom stereocenters. The van der Waals surface area contributed by atoms with Crippen LogP contribution in [0.25, 0.3) is 0 Å². The van der Waals surface area contributed by atoms with Crippen molar-refractivity contribution >= 4 is 11.3 Å². The summed E-state index contributed by atoms with van der Waals surface area (Å²) in [7, 11) is 0. The van der Waals surface area contributed by atoms with Gasteiger partial charge in [0.1, 0.15) is 0 Å². The second kappa shape index (κ2) is 6.20. The average molecular weight is 227 g/mol. The minimum atomic E-state index is 0.494. The van der Waals surface area contributed by atoms with Gasteiger partial charge in [0.15, 0.2) is 0 Å². The lowest BCUT2D eigenvalue weighted by Crippen LogP contribution is -2.38. The first-order valence-corrected chi connectivity index (χ1v) is 6.33. The molecule has 0 saturated carbocycles. The van der Waals surface area contributed by atoms with Crippen molar-refractivity contribution in [1.82, 2.24) is 15.6 Å². The van der Waals surface area contributed by atoms with Crippen molar-refractivity contribution in [2.24, 2.45) is 0 Å². The molecule has 86 valence electrons. The van der Waals surface area contributed by atoms with Crippen molar-refractivity contribution in [3.63, 3.8) is 0 Å². The zero-order chi connectivity index (χ0) is 11.3. The molecule has 3 nitrogen and oxygen atoms in total. The summed E-state index contributed by atoms with van der Waals surface area (Å²) in [6.45, 7) is 10.5. The molecular weight excluding hydrogens is 206 g/mol. The zero-order valence-corrected chi connectivity index (χ0v) is 10.8. The van der Waals surface area contributed by atoms with Gasteiger partial charge in [-0.1, -0.05) is 13.8 Å². The van der Waals surface area contributed by atoms with E-state index in [1.54, 1.807) is 11.3 Å². The van der Waals surface area contributed by atoms with E-state index in [1.165, 1.54) is 4.88 Å². The summed E-state index contributed by atoms with van der Waals surface area (Å²) in [5.41, 5.74) is 3.06. The Morgan fingerprint density at radius 3 is 2.60 bits per heavy atom. The molecular formula is C11H21N3S. The molecule has 0 fully saturated rings. The Bertz CT molecular complexity index is 283. The highest BCUT2D eigenvalue weighted by molar-refractivity contribution is 7.09. The highest BCUT2D eigenvalue weighted by Gasteiger charge is 2.05. The van der Waals surface area contributed by atoms with Crippen molar-refractivity contribution in [1.29, 1.82) is 0 Å². The summed E-state index contributed by atoms with van der Waals surface area (Å²) >= 11 is 1.72. The van der Waals surface area contributed by atoms with Crippen LogP contribution in [0.4, 0.5) is 0 Å². The van der Waals surface area contributed by atoms with Gasteiger partial charge in [-0.3, -0.25) is 0 Å². The highest BCUT2D eigenvalue weighted by atomic mass is 32.1. The maximum atomic E-state index is 4.23. The predicted molar refractivity (Wildman–Crippen MR) is 66.3 cm³/mol. The molecule has 1 aromatic rings. The van der Waals surface area contributed by atoms with E-state index in [0.717, 1.165) is 18.8 Å². The fourth-order valence-corrected chi connectivity index (χ4v) is 1.98. The van der Waals surface area contributed by atoms with Crippen LogP contribution in [0, 0.1) is 6.92 Å². The molecule has 0 aromatic carbocycles. The number of hydrogen-bond donors (Lipinski definition) is 2. The van der Waals surface area contributed by atoms with Crippen molar-refractivity contribution in [3.8, 4) is 0 Å². The van der Waals surface area contributed by atoms with Gasteiger partial charge < -0.3 is 10.6 Å². The van der Waals surface area contributed by atoms with Crippen LogP contribution in [0.5, 0.6) is 0 Å². The molecule has 15 heavy (non-hydrogen) atoms. The average Bonchev–Trinajstić information content (AvgIpc) is 2.58. The van der Waals surface area contributed by atoms with Crippen LogP contribution in [0.3, 0.4) is 0 Å². The molecule has 0 saturated heterocycles. The number of nitrogens with one attached hydrogen (secondary N) is 2. The monoisotopic (exact) mass is 227 g/mol. The maximum Gasteiger partial charge on any atom is 0.0798 e. The summed E-state index contributed by atoms with van der Waals surface area (Å²) in [5, 5.41) is 6.90. The fraction of sp³-hybridized carbons (Fsp3) is 0.727. The number of aryl methyl sites for hydroxylation is 1. The van der Waals surface area contributed by atoms with Gasteiger partial charge in [-0.15, -0.1) is 11.3 Å². The summed E-state index contributed by atoms with van der Waals surface area (Å²) < 4.78 is 0. The van der Waals surface area contributed by atoms with Crippen LogP contribution in [-0.2, 0) is 6.54 Å². The molecule has 0 aliphatic carbocycles. The minimum absolute atomic E-state index is 0.494. The minimum Gasteiger partial charge on any atom is -0.313 e. The molecule has 0 radical (unpaired) electrons. The summed E-state index contributed by atoms with van der Waals surface area (Å²) in [5.74, 6) is 0. The summed E-state index contributed by atoms with van der Waals surface area (Å²) in [4.78, 5) is 5.57. The Labute approximate surface area is 96.3 Å². The smallest absolute Gasteiger partial charge is 0.0798 e. The van der Waals surface area contributed by atoms with E-state index in [-0.39, 0.29) is 0 Å². The molecule has 0 aliphatic rings. The van der Waals surface area contributed by atoms with Crippen molar-refractivity contribution in [2.75, 3.05) is 6.54 Å². The van der Waals surface area contributed by atoms with E-state index in [1.807, 2.05) is 5.51 Å². The Balaban J connectivity index is 2.22. The Morgan fingerprint density at radius 1 is 1.33 bits per heavy atom. The third kappa shape index (κ3) is 4.73. The summed E-state index contributed by atoms with van der Waals surface area (Å²) in [6.07, 6.45) is 0. The van der Waals surface area contributed by atoms with Crippen molar-refractivity contribution < 1.29 is 0 Å². The Morgan fingerprint density at radius 2 is 2.07 bits per heavy atom. The van der Waals surface area contributed by atoms with Crippen LogP contribution >= 0.6 is 11.3 Å². The second-order valence-corrected chi connectivity index (χ2v) is 5.15. The molecule has 2 N–H and O–H groups in total. The van der Waals surface area contributed by atoms with Gasteiger partial charge in [-0.25, -0.2) is 4.98 Å². The van der Waals surface area contributed by atoms with E-state index >= 15 is 0 Å². The van der Waals surface area contributed by atoms with Gasteiger partial charge >= 0.3 is 0 Å². The van der Waals surface area contributed by atoms with Gasteiger partial charge in [-0.05, 0) is 13.8 Å². The van der Waals surface area contributed by atoms with E-state index in [4.69, 9.17) is 0 Å². The van der Waals surface area contributed by atoms with E-state index in [0.29, 0.717) is 12.1 Å². The number of hydrogen-bond acceptors (Lipinski definition) is 4. The van der Waals surface area contributed by atoms with Gasteiger partial charge in [-0.2, -0.15) is 0 Å². The highest BCUT2D eigenvalue weighted by Crippen LogP contribution is 2.11.